The van der Waals surface area contributed by atoms with Crippen molar-refractivity contribution in [3.63, 3.8) is 0 Å². The van der Waals surface area contributed by atoms with Crippen LogP contribution in [0.5, 0.6) is 0 Å². The molecule has 104 valence electrons. The van der Waals surface area contributed by atoms with Crippen LogP contribution < -0.4 is 0 Å². The summed E-state index contributed by atoms with van der Waals surface area (Å²) in [5.41, 5.74) is 2.64. The molecule has 2 atom stereocenters. The Bertz CT molecular complexity index is 414. The summed E-state index contributed by atoms with van der Waals surface area (Å²) in [6.07, 6.45) is 2.11. The maximum Gasteiger partial charge on any atom is 0.0615 e. The summed E-state index contributed by atoms with van der Waals surface area (Å²) < 4.78 is 0. The van der Waals surface area contributed by atoms with Crippen molar-refractivity contribution in [2.24, 2.45) is 11.8 Å². The molecule has 1 fully saturated rings. The van der Waals surface area contributed by atoms with E-state index in [-0.39, 0.29) is 6.10 Å². The second kappa shape index (κ2) is 6.36. The summed E-state index contributed by atoms with van der Waals surface area (Å²) in [6, 6.07) is 10.5. The van der Waals surface area contributed by atoms with Crippen molar-refractivity contribution in [1.82, 2.24) is 4.90 Å². The molecule has 1 aromatic rings. The highest BCUT2D eigenvalue weighted by Gasteiger charge is 2.29. The molecule has 0 aliphatic carbocycles. The topological polar surface area (TPSA) is 23.5 Å². The first-order valence-electron chi connectivity index (χ1n) is 7.19. The Morgan fingerprint density at radius 3 is 2.37 bits per heavy atom. The molecule has 1 aliphatic rings. The fourth-order valence-corrected chi connectivity index (χ4v) is 3.03. The molecule has 2 unspecified atom stereocenters. The van der Waals surface area contributed by atoms with E-state index in [1.807, 2.05) is 6.07 Å². The number of aliphatic hydroxyl groups excluding tert-OH is 1. The van der Waals surface area contributed by atoms with Crippen molar-refractivity contribution in [1.29, 1.82) is 0 Å². The van der Waals surface area contributed by atoms with Crippen molar-refractivity contribution >= 4 is 6.08 Å². The van der Waals surface area contributed by atoms with Crippen LogP contribution in [-0.2, 0) is 0 Å². The lowest BCUT2D eigenvalue weighted by Crippen LogP contribution is -2.47. The molecule has 1 N–H and O–H groups in total. The molecule has 0 amide bonds. The Morgan fingerprint density at radius 2 is 1.79 bits per heavy atom. The van der Waals surface area contributed by atoms with E-state index in [4.69, 9.17) is 0 Å². The fraction of sp³-hybridized carbons (Fsp3) is 0.529. The van der Waals surface area contributed by atoms with Gasteiger partial charge in [-0.2, -0.15) is 0 Å². The molecule has 0 saturated carbocycles. The predicted molar refractivity (Wildman–Crippen MR) is 80.9 cm³/mol. The van der Waals surface area contributed by atoms with Crippen molar-refractivity contribution in [3.05, 3.63) is 41.5 Å². The fourth-order valence-electron chi connectivity index (χ4n) is 3.03. The Hall–Kier alpha value is -1.12. The van der Waals surface area contributed by atoms with Crippen molar-refractivity contribution in [2.75, 3.05) is 19.6 Å². The molecule has 0 aromatic heterocycles. The van der Waals surface area contributed by atoms with E-state index in [1.165, 1.54) is 11.1 Å². The summed E-state index contributed by atoms with van der Waals surface area (Å²) in [4.78, 5) is 2.46. The van der Waals surface area contributed by atoms with Gasteiger partial charge in [0.1, 0.15) is 0 Å². The van der Waals surface area contributed by atoms with Gasteiger partial charge in [-0.1, -0.05) is 55.8 Å². The lowest BCUT2D eigenvalue weighted by molar-refractivity contribution is -0.00466. The predicted octanol–water partition coefficient (Wildman–Crippen LogP) is 3.04. The zero-order valence-corrected chi connectivity index (χ0v) is 12.2. The highest BCUT2D eigenvalue weighted by Crippen LogP contribution is 2.22. The van der Waals surface area contributed by atoms with Crippen LogP contribution in [-0.4, -0.2) is 35.7 Å². The third kappa shape index (κ3) is 3.92. The van der Waals surface area contributed by atoms with Crippen LogP contribution >= 0.6 is 0 Å². The third-order valence-corrected chi connectivity index (χ3v) is 3.94. The molecule has 1 saturated heterocycles. The number of likely N-dealkylation sites (tertiary alicyclic amines) is 1. The van der Waals surface area contributed by atoms with Gasteiger partial charge in [0.2, 0.25) is 0 Å². The van der Waals surface area contributed by atoms with Gasteiger partial charge in [0.25, 0.3) is 0 Å². The molecule has 2 heteroatoms. The van der Waals surface area contributed by atoms with Crippen LogP contribution in [0.15, 0.2) is 35.9 Å². The van der Waals surface area contributed by atoms with E-state index in [0.29, 0.717) is 11.8 Å². The standard InChI is InChI=1S/C17H25NO/c1-13(9-16-7-5-4-6-8-16)10-18-11-14(2)17(19)15(3)12-18/h4-9,14-15,17,19H,10-12H2,1-3H3/b13-9+. The average Bonchev–Trinajstić information content (AvgIpc) is 2.37. The lowest BCUT2D eigenvalue weighted by Gasteiger charge is -2.39. The normalized spacial score (nSPS) is 29.5. The van der Waals surface area contributed by atoms with E-state index in [9.17, 15) is 5.11 Å². The van der Waals surface area contributed by atoms with Crippen LogP contribution in [0.25, 0.3) is 6.08 Å². The summed E-state index contributed by atoms with van der Waals surface area (Å²) in [5, 5.41) is 9.99. The molecule has 1 aromatic carbocycles. The number of rotatable bonds is 3. The molecular formula is C17H25NO. The van der Waals surface area contributed by atoms with Crippen molar-refractivity contribution < 1.29 is 5.11 Å². The van der Waals surface area contributed by atoms with E-state index in [2.05, 4.69) is 56.0 Å². The zero-order chi connectivity index (χ0) is 13.8. The summed E-state index contributed by atoms with van der Waals surface area (Å²) >= 11 is 0. The van der Waals surface area contributed by atoms with Crippen LogP contribution in [0, 0.1) is 11.8 Å². The largest absolute Gasteiger partial charge is 0.392 e. The Balaban J connectivity index is 1.96. The van der Waals surface area contributed by atoms with E-state index in [1.54, 1.807) is 0 Å². The highest BCUT2D eigenvalue weighted by molar-refractivity contribution is 5.52. The van der Waals surface area contributed by atoms with Gasteiger partial charge in [0.05, 0.1) is 6.10 Å². The lowest BCUT2D eigenvalue weighted by atomic mass is 9.88. The summed E-state index contributed by atoms with van der Waals surface area (Å²) in [7, 11) is 0. The summed E-state index contributed by atoms with van der Waals surface area (Å²) in [5.74, 6) is 0.738. The first-order valence-corrected chi connectivity index (χ1v) is 7.19. The first kappa shape index (κ1) is 14.3. The molecule has 0 radical (unpaired) electrons. The van der Waals surface area contributed by atoms with Gasteiger partial charge in [0, 0.05) is 19.6 Å². The van der Waals surface area contributed by atoms with Gasteiger partial charge in [-0.15, -0.1) is 0 Å². The van der Waals surface area contributed by atoms with E-state index < -0.39 is 0 Å². The number of benzene rings is 1. The summed E-state index contributed by atoms with van der Waals surface area (Å²) in [6.45, 7) is 9.45. The van der Waals surface area contributed by atoms with Crippen molar-refractivity contribution in [2.45, 2.75) is 26.9 Å². The average molecular weight is 259 g/mol. The van der Waals surface area contributed by atoms with Gasteiger partial charge in [0.15, 0.2) is 0 Å². The van der Waals surface area contributed by atoms with Gasteiger partial charge in [-0.25, -0.2) is 0 Å². The molecule has 1 heterocycles. The van der Waals surface area contributed by atoms with E-state index >= 15 is 0 Å². The second-order valence-corrected chi connectivity index (χ2v) is 6.04. The van der Waals surface area contributed by atoms with Crippen LogP contribution in [0.3, 0.4) is 0 Å². The second-order valence-electron chi connectivity index (χ2n) is 6.04. The van der Waals surface area contributed by atoms with E-state index in [0.717, 1.165) is 19.6 Å². The number of hydrogen-bond acceptors (Lipinski definition) is 2. The minimum atomic E-state index is -0.144. The Morgan fingerprint density at radius 1 is 1.21 bits per heavy atom. The van der Waals surface area contributed by atoms with Gasteiger partial charge >= 0.3 is 0 Å². The minimum absolute atomic E-state index is 0.144. The highest BCUT2D eigenvalue weighted by atomic mass is 16.3. The van der Waals surface area contributed by atoms with Gasteiger partial charge < -0.3 is 5.11 Å². The number of nitrogens with zero attached hydrogens (tertiary/aromatic N) is 1. The Kier molecular flexibility index (Phi) is 4.78. The van der Waals surface area contributed by atoms with Crippen LogP contribution in [0.4, 0.5) is 0 Å². The molecule has 0 bridgehead atoms. The van der Waals surface area contributed by atoms with Gasteiger partial charge in [-0.05, 0) is 24.3 Å². The van der Waals surface area contributed by atoms with Crippen molar-refractivity contribution in [3.8, 4) is 0 Å². The number of aliphatic hydroxyl groups is 1. The van der Waals surface area contributed by atoms with Gasteiger partial charge in [-0.3, -0.25) is 4.90 Å². The zero-order valence-electron chi connectivity index (χ0n) is 12.2. The molecular weight excluding hydrogens is 234 g/mol. The monoisotopic (exact) mass is 259 g/mol. The molecule has 2 nitrogen and oxygen atoms in total. The molecule has 1 aliphatic heterocycles. The molecule has 0 spiro atoms. The quantitative estimate of drug-likeness (QED) is 0.902. The van der Waals surface area contributed by atoms with Crippen LogP contribution in [0.2, 0.25) is 0 Å². The SMILES string of the molecule is C/C(=C\c1ccccc1)CN1CC(C)C(O)C(C)C1. The maximum atomic E-state index is 9.99. The number of hydrogen-bond donors (Lipinski definition) is 1. The minimum Gasteiger partial charge on any atom is -0.392 e. The molecule has 19 heavy (non-hydrogen) atoms. The molecule has 2 rings (SSSR count). The number of piperidine rings is 1. The Labute approximate surface area is 116 Å². The van der Waals surface area contributed by atoms with Crippen LogP contribution in [0.1, 0.15) is 26.3 Å². The first-order chi connectivity index (χ1) is 9.06. The third-order valence-electron chi connectivity index (χ3n) is 3.94. The smallest absolute Gasteiger partial charge is 0.0615 e. The maximum absolute atomic E-state index is 9.99.